The van der Waals surface area contributed by atoms with Gasteiger partial charge in [-0.2, -0.15) is 4.98 Å². The second-order valence-electron chi connectivity index (χ2n) is 3.98. The number of hydrogen-bond acceptors (Lipinski definition) is 4. The highest BCUT2D eigenvalue weighted by Gasteiger charge is 2.14. The maximum absolute atomic E-state index is 10.9. The van der Waals surface area contributed by atoms with E-state index in [0.29, 0.717) is 11.4 Å². The average Bonchev–Trinajstić information content (AvgIpc) is 2.77. The molecule has 3 N–H and O–H groups in total. The van der Waals surface area contributed by atoms with Crippen molar-refractivity contribution in [1.82, 2.24) is 9.97 Å². The number of fused-ring (bicyclic) bond motifs is 3. The smallest absolute Gasteiger partial charge is 0.411 e. The van der Waals surface area contributed by atoms with Gasteiger partial charge in [0.15, 0.2) is 0 Å². The van der Waals surface area contributed by atoms with E-state index in [9.17, 15) is 4.79 Å². The predicted molar refractivity (Wildman–Crippen MR) is 70.4 cm³/mol. The predicted octanol–water partition coefficient (Wildman–Crippen LogP) is 2.18. The number of primary amides is 1. The molecule has 6 heteroatoms. The second kappa shape index (κ2) is 4.16. The first kappa shape index (κ1) is 11.3. The highest BCUT2D eigenvalue weighted by atomic mass is 16.6. The fourth-order valence-electron chi connectivity index (χ4n) is 2.07. The number of para-hydroxylation sites is 1. The Morgan fingerprint density at radius 1 is 1.32 bits per heavy atom. The second-order valence-corrected chi connectivity index (χ2v) is 3.98. The molecule has 96 valence electrons. The number of nitrogens with zero attached hydrogens (tertiary/aromatic N) is 1. The maximum atomic E-state index is 10.9. The van der Waals surface area contributed by atoms with E-state index in [0.717, 1.165) is 16.3 Å². The minimum Gasteiger partial charge on any atom is -0.481 e. The first-order valence-corrected chi connectivity index (χ1v) is 5.62. The summed E-state index contributed by atoms with van der Waals surface area (Å²) in [6.07, 6.45) is -0.916. The summed E-state index contributed by atoms with van der Waals surface area (Å²) in [6, 6.07) is 9.51. The Morgan fingerprint density at radius 2 is 2.11 bits per heavy atom. The molecule has 3 rings (SSSR count). The van der Waals surface area contributed by atoms with Crippen LogP contribution in [0.4, 0.5) is 4.79 Å². The van der Waals surface area contributed by atoms with Crippen LogP contribution < -0.4 is 15.2 Å². The van der Waals surface area contributed by atoms with Gasteiger partial charge in [0.25, 0.3) is 5.88 Å². The van der Waals surface area contributed by atoms with E-state index < -0.39 is 6.09 Å². The number of ether oxygens (including phenoxy) is 2. The fraction of sp³-hybridized carbons (Fsp3) is 0.0769. The number of benzene rings is 1. The standard InChI is InChI=1S/C13H11N3O3/c1-18-10-6-8-7-4-2-3-5-9(7)15-11(8)12(16-10)19-13(14)17/h2-6,15H,1H3,(H2,14,17). The molecular weight excluding hydrogens is 246 g/mol. The molecule has 0 spiro atoms. The van der Waals surface area contributed by atoms with E-state index in [1.54, 1.807) is 6.07 Å². The van der Waals surface area contributed by atoms with Crippen LogP contribution in [0, 0.1) is 0 Å². The molecule has 1 amide bonds. The number of carbonyl (C=O) groups is 1. The maximum Gasteiger partial charge on any atom is 0.411 e. The summed E-state index contributed by atoms with van der Waals surface area (Å²) >= 11 is 0. The van der Waals surface area contributed by atoms with Gasteiger partial charge in [-0.1, -0.05) is 18.2 Å². The van der Waals surface area contributed by atoms with Crippen LogP contribution in [0.1, 0.15) is 0 Å². The average molecular weight is 257 g/mol. The van der Waals surface area contributed by atoms with Crippen molar-refractivity contribution in [3.63, 3.8) is 0 Å². The van der Waals surface area contributed by atoms with E-state index in [1.807, 2.05) is 24.3 Å². The summed E-state index contributed by atoms with van der Waals surface area (Å²) in [5.41, 5.74) is 6.58. The molecule has 2 heterocycles. The molecule has 0 unspecified atom stereocenters. The third kappa shape index (κ3) is 1.83. The Hall–Kier alpha value is -2.76. The van der Waals surface area contributed by atoms with Crippen LogP contribution in [-0.4, -0.2) is 23.2 Å². The Balaban J connectivity index is 2.37. The van der Waals surface area contributed by atoms with Crippen molar-refractivity contribution in [3.8, 4) is 11.8 Å². The lowest BCUT2D eigenvalue weighted by Crippen LogP contribution is -2.17. The number of hydrogen-bond donors (Lipinski definition) is 2. The van der Waals surface area contributed by atoms with E-state index in [1.165, 1.54) is 7.11 Å². The van der Waals surface area contributed by atoms with Crippen LogP contribution in [0.25, 0.3) is 21.8 Å². The molecule has 0 aliphatic rings. The number of nitrogens with two attached hydrogens (primary N) is 1. The van der Waals surface area contributed by atoms with Crippen LogP contribution in [0.5, 0.6) is 11.8 Å². The molecule has 0 aliphatic heterocycles. The molecule has 6 nitrogen and oxygen atoms in total. The van der Waals surface area contributed by atoms with Crippen LogP contribution in [0.3, 0.4) is 0 Å². The highest BCUT2D eigenvalue weighted by molar-refractivity contribution is 6.09. The zero-order chi connectivity index (χ0) is 13.4. The van der Waals surface area contributed by atoms with Crippen molar-refractivity contribution in [1.29, 1.82) is 0 Å². The van der Waals surface area contributed by atoms with Gasteiger partial charge in [-0.15, -0.1) is 0 Å². The molecule has 0 fully saturated rings. The molecule has 0 bridgehead atoms. The molecule has 0 aliphatic carbocycles. The number of amides is 1. The zero-order valence-electron chi connectivity index (χ0n) is 10.1. The van der Waals surface area contributed by atoms with Crippen molar-refractivity contribution >= 4 is 27.9 Å². The Labute approximate surface area is 108 Å². The van der Waals surface area contributed by atoms with E-state index in [4.69, 9.17) is 15.2 Å². The number of methoxy groups -OCH3 is 1. The molecule has 0 atom stereocenters. The largest absolute Gasteiger partial charge is 0.481 e. The summed E-state index contributed by atoms with van der Waals surface area (Å²) < 4.78 is 10.0. The van der Waals surface area contributed by atoms with Gasteiger partial charge in [0.1, 0.15) is 5.52 Å². The van der Waals surface area contributed by atoms with Crippen molar-refractivity contribution in [2.24, 2.45) is 5.73 Å². The molecule has 0 saturated heterocycles. The summed E-state index contributed by atoms with van der Waals surface area (Å²) in [5.74, 6) is 0.464. The van der Waals surface area contributed by atoms with Gasteiger partial charge in [0.2, 0.25) is 5.88 Å². The number of pyridine rings is 1. The Bertz CT molecular complexity index is 779. The van der Waals surface area contributed by atoms with Gasteiger partial charge in [-0.05, 0) is 6.07 Å². The van der Waals surface area contributed by atoms with Gasteiger partial charge in [0, 0.05) is 22.4 Å². The van der Waals surface area contributed by atoms with E-state index in [2.05, 4.69) is 9.97 Å². The number of carbonyl (C=O) groups excluding carboxylic acids is 1. The van der Waals surface area contributed by atoms with Gasteiger partial charge in [-0.3, -0.25) is 0 Å². The van der Waals surface area contributed by atoms with Gasteiger partial charge in [0.05, 0.1) is 7.11 Å². The summed E-state index contributed by atoms with van der Waals surface area (Å²) in [5, 5.41) is 1.85. The summed E-state index contributed by atoms with van der Waals surface area (Å²) in [6.45, 7) is 0. The monoisotopic (exact) mass is 257 g/mol. The van der Waals surface area contributed by atoms with Gasteiger partial charge >= 0.3 is 6.09 Å². The van der Waals surface area contributed by atoms with Crippen LogP contribution in [0.2, 0.25) is 0 Å². The zero-order valence-corrected chi connectivity index (χ0v) is 10.1. The quantitative estimate of drug-likeness (QED) is 0.736. The van der Waals surface area contributed by atoms with Crippen molar-refractivity contribution in [2.75, 3.05) is 7.11 Å². The molecule has 2 aromatic heterocycles. The number of rotatable bonds is 2. The summed E-state index contributed by atoms with van der Waals surface area (Å²) in [4.78, 5) is 18.2. The number of aromatic amines is 1. The Morgan fingerprint density at radius 3 is 2.84 bits per heavy atom. The first-order chi connectivity index (χ1) is 9.19. The third-order valence-corrected chi connectivity index (χ3v) is 2.85. The first-order valence-electron chi connectivity index (χ1n) is 5.62. The van der Waals surface area contributed by atoms with Gasteiger partial charge in [-0.25, -0.2) is 4.79 Å². The molecule has 19 heavy (non-hydrogen) atoms. The lowest BCUT2D eigenvalue weighted by atomic mass is 10.2. The third-order valence-electron chi connectivity index (χ3n) is 2.85. The number of nitrogens with one attached hydrogen (secondary N) is 1. The molecule has 3 aromatic rings. The molecule has 1 aromatic carbocycles. The SMILES string of the molecule is COc1cc2c([nH]c3ccccc32)c(OC(N)=O)n1. The number of H-pyrrole nitrogens is 1. The minimum absolute atomic E-state index is 0.109. The minimum atomic E-state index is -0.916. The molecular formula is C13H11N3O3. The van der Waals surface area contributed by atoms with E-state index >= 15 is 0 Å². The Kier molecular flexibility index (Phi) is 2.49. The van der Waals surface area contributed by atoms with Crippen LogP contribution in [-0.2, 0) is 0 Å². The number of aromatic nitrogens is 2. The lowest BCUT2D eigenvalue weighted by Gasteiger charge is -2.04. The molecule has 0 radical (unpaired) electrons. The fourth-order valence-corrected chi connectivity index (χ4v) is 2.07. The van der Waals surface area contributed by atoms with Crippen LogP contribution >= 0.6 is 0 Å². The van der Waals surface area contributed by atoms with Crippen molar-refractivity contribution in [2.45, 2.75) is 0 Å². The van der Waals surface area contributed by atoms with Crippen molar-refractivity contribution in [3.05, 3.63) is 30.3 Å². The van der Waals surface area contributed by atoms with Crippen LogP contribution in [0.15, 0.2) is 30.3 Å². The molecule has 0 saturated carbocycles. The van der Waals surface area contributed by atoms with E-state index in [-0.39, 0.29) is 5.88 Å². The highest BCUT2D eigenvalue weighted by Crippen LogP contribution is 2.33. The van der Waals surface area contributed by atoms with Crippen molar-refractivity contribution < 1.29 is 14.3 Å². The summed E-state index contributed by atoms with van der Waals surface area (Å²) in [7, 11) is 1.50. The normalized spacial score (nSPS) is 10.8. The topological polar surface area (TPSA) is 90.2 Å². The van der Waals surface area contributed by atoms with Gasteiger partial charge < -0.3 is 20.2 Å². The lowest BCUT2D eigenvalue weighted by molar-refractivity contribution is 0.209.